The molecule has 4 nitrogen and oxygen atoms in total. The van der Waals surface area contributed by atoms with Crippen LogP contribution in [-0.2, 0) is 10.8 Å². The number of para-hydroxylation sites is 1. The third-order valence-corrected chi connectivity index (χ3v) is 5.45. The number of fused-ring (bicyclic) bond motifs is 1. The summed E-state index contributed by atoms with van der Waals surface area (Å²) in [6, 6.07) is 16.9. The molecule has 0 aliphatic heterocycles. The van der Waals surface area contributed by atoms with E-state index in [9.17, 15) is 0 Å². The van der Waals surface area contributed by atoms with Gasteiger partial charge in [0, 0.05) is 27.3 Å². The molecule has 0 unspecified atom stereocenters. The number of rotatable bonds is 2. The number of benzene rings is 2. The molecule has 4 heteroatoms. The lowest BCUT2D eigenvalue weighted by Gasteiger charge is -2.23. The van der Waals surface area contributed by atoms with Crippen LogP contribution in [0.5, 0.6) is 0 Å². The molecule has 0 spiro atoms. The predicted molar refractivity (Wildman–Crippen MR) is 133 cm³/mol. The van der Waals surface area contributed by atoms with Crippen LogP contribution in [0.4, 0.5) is 0 Å². The molecule has 0 atom stereocenters. The minimum absolute atomic E-state index is 0.184. The van der Waals surface area contributed by atoms with Crippen molar-refractivity contribution in [2.75, 3.05) is 0 Å². The molecule has 164 valence electrons. The van der Waals surface area contributed by atoms with Gasteiger partial charge in [0.05, 0.1) is 11.2 Å². The van der Waals surface area contributed by atoms with Gasteiger partial charge in [-0.25, -0.2) is 19.9 Å². The summed E-state index contributed by atoms with van der Waals surface area (Å²) in [5.74, 6) is 2.32. The molecule has 0 saturated heterocycles. The lowest BCUT2D eigenvalue weighted by atomic mass is 9.92. The molecule has 4 rings (SSSR count). The maximum absolute atomic E-state index is 4.99. The first-order chi connectivity index (χ1) is 14.9. The Kier molecular flexibility index (Phi) is 5.36. The molecule has 2 aromatic heterocycles. The molecule has 2 heterocycles. The van der Waals surface area contributed by atoms with Gasteiger partial charge in [-0.15, -0.1) is 0 Å². The molecule has 0 fully saturated rings. The van der Waals surface area contributed by atoms with Crippen LogP contribution in [0.3, 0.4) is 0 Å². The summed E-state index contributed by atoms with van der Waals surface area (Å²) < 4.78 is 0. The monoisotopic (exact) mass is 424 g/mol. The van der Waals surface area contributed by atoms with Gasteiger partial charge in [0.2, 0.25) is 0 Å². The molecule has 2 aromatic carbocycles. The van der Waals surface area contributed by atoms with Crippen LogP contribution in [0.1, 0.15) is 64.3 Å². The maximum Gasteiger partial charge on any atom is 0.164 e. The van der Waals surface area contributed by atoms with Crippen LogP contribution in [0.15, 0.2) is 48.5 Å². The normalized spacial score (nSPS) is 12.4. The fourth-order valence-corrected chi connectivity index (χ4v) is 3.80. The smallest absolute Gasteiger partial charge is 0.164 e. The van der Waals surface area contributed by atoms with Gasteiger partial charge in [0.25, 0.3) is 0 Å². The lowest BCUT2D eigenvalue weighted by molar-refractivity contribution is 0.497. The van der Waals surface area contributed by atoms with Crippen molar-refractivity contribution in [3.8, 4) is 22.6 Å². The molecule has 0 amide bonds. The van der Waals surface area contributed by atoms with Crippen LogP contribution < -0.4 is 0 Å². The SMILES string of the molecule is Cc1cc(C)cc(-c2cc(-c3nc(C(C)(C)C)nc(C(C)(C)C)n3)c3ccccc3n2)c1. The Balaban J connectivity index is 2.04. The average molecular weight is 425 g/mol. The highest BCUT2D eigenvalue weighted by atomic mass is 15.1. The van der Waals surface area contributed by atoms with E-state index in [1.165, 1.54) is 11.1 Å². The Morgan fingerprint density at radius 3 is 1.75 bits per heavy atom. The predicted octanol–water partition coefficient (Wildman–Crippen LogP) is 6.97. The van der Waals surface area contributed by atoms with E-state index >= 15 is 0 Å². The van der Waals surface area contributed by atoms with Crippen molar-refractivity contribution in [3.63, 3.8) is 0 Å². The Labute approximate surface area is 191 Å². The zero-order chi connectivity index (χ0) is 23.3. The molecule has 0 N–H and O–H groups in total. The first-order valence-electron chi connectivity index (χ1n) is 11.2. The van der Waals surface area contributed by atoms with Crippen molar-refractivity contribution in [1.29, 1.82) is 0 Å². The summed E-state index contributed by atoms with van der Waals surface area (Å²) in [5, 5.41) is 1.05. The fourth-order valence-electron chi connectivity index (χ4n) is 3.80. The largest absolute Gasteiger partial charge is 0.248 e. The van der Waals surface area contributed by atoms with E-state index in [0.29, 0.717) is 5.82 Å². The Morgan fingerprint density at radius 1 is 0.625 bits per heavy atom. The second-order valence-electron chi connectivity index (χ2n) is 10.8. The van der Waals surface area contributed by atoms with E-state index in [2.05, 4.69) is 91.8 Å². The summed E-state index contributed by atoms with van der Waals surface area (Å²) >= 11 is 0. The van der Waals surface area contributed by atoms with Crippen LogP contribution >= 0.6 is 0 Å². The zero-order valence-electron chi connectivity index (χ0n) is 20.4. The fraction of sp³-hybridized carbons (Fsp3) is 0.357. The van der Waals surface area contributed by atoms with Crippen molar-refractivity contribution in [3.05, 3.63) is 71.3 Å². The molecular weight excluding hydrogens is 392 g/mol. The van der Waals surface area contributed by atoms with Gasteiger partial charge in [0.15, 0.2) is 5.82 Å². The van der Waals surface area contributed by atoms with Crippen LogP contribution in [-0.4, -0.2) is 19.9 Å². The Bertz CT molecular complexity index is 1260. The maximum atomic E-state index is 4.99. The summed E-state index contributed by atoms with van der Waals surface area (Å²) in [6.07, 6.45) is 0. The van der Waals surface area contributed by atoms with E-state index in [1.54, 1.807) is 0 Å². The molecule has 32 heavy (non-hydrogen) atoms. The minimum Gasteiger partial charge on any atom is -0.248 e. The van der Waals surface area contributed by atoms with Crippen molar-refractivity contribution < 1.29 is 0 Å². The standard InChI is InChI=1S/C28H32N4/c1-17-13-18(2)15-19(14-17)23-16-21(20-11-9-10-12-22(20)29-23)24-30-25(27(3,4)5)32-26(31-24)28(6,7)8/h9-16H,1-8H3. The molecular formula is C28H32N4. The van der Waals surface area contributed by atoms with Gasteiger partial charge >= 0.3 is 0 Å². The van der Waals surface area contributed by atoms with E-state index in [4.69, 9.17) is 19.9 Å². The number of nitrogens with zero attached hydrogens (tertiary/aromatic N) is 4. The van der Waals surface area contributed by atoms with Gasteiger partial charge in [0.1, 0.15) is 11.6 Å². The van der Waals surface area contributed by atoms with Crippen molar-refractivity contribution >= 4 is 10.9 Å². The third kappa shape index (κ3) is 4.40. The first-order valence-corrected chi connectivity index (χ1v) is 11.2. The summed E-state index contributed by atoms with van der Waals surface area (Å²) in [5.41, 5.74) is 6.05. The second kappa shape index (κ2) is 7.77. The molecule has 0 saturated carbocycles. The average Bonchev–Trinajstić information content (AvgIpc) is 2.70. The molecule has 0 aliphatic rings. The van der Waals surface area contributed by atoms with Gasteiger partial charge in [-0.05, 0) is 38.1 Å². The quantitative estimate of drug-likeness (QED) is 0.349. The van der Waals surface area contributed by atoms with Crippen LogP contribution in [0.25, 0.3) is 33.5 Å². The van der Waals surface area contributed by atoms with Gasteiger partial charge in [-0.2, -0.15) is 0 Å². The van der Waals surface area contributed by atoms with E-state index in [1.807, 2.05) is 12.1 Å². The topological polar surface area (TPSA) is 51.6 Å². The van der Waals surface area contributed by atoms with E-state index in [-0.39, 0.29) is 10.8 Å². The molecule has 4 aromatic rings. The van der Waals surface area contributed by atoms with Crippen molar-refractivity contribution in [1.82, 2.24) is 19.9 Å². The lowest BCUT2D eigenvalue weighted by Crippen LogP contribution is -2.24. The third-order valence-electron chi connectivity index (χ3n) is 5.45. The first kappa shape index (κ1) is 22.1. The number of aromatic nitrogens is 4. The van der Waals surface area contributed by atoms with Gasteiger partial charge < -0.3 is 0 Å². The van der Waals surface area contributed by atoms with Gasteiger partial charge in [-0.3, -0.25) is 0 Å². The number of hydrogen-bond acceptors (Lipinski definition) is 4. The molecule has 0 radical (unpaired) electrons. The molecule has 0 aliphatic carbocycles. The highest BCUT2D eigenvalue weighted by molar-refractivity contribution is 5.95. The summed E-state index contributed by atoms with van der Waals surface area (Å²) in [4.78, 5) is 19.7. The Morgan fingerprint density at radius 2 is 1.19 bits per heavy atom. The van der Waals surface area contributed by atoms with Crippen molar-refractivity contribution in [2.45, 2.75) is 66.2 Å². The summed E-state index contributed by atoms with van der Waals surface area (Å²) in [6.45, 7) is 17.1. The van der Waals surface area contributed by atoms with E-state index < -0.39 is 0 Å². The minimum atomic E-state index is -0.184. The second-order valence-corrected chi connectivity index (χ2v) is 10.8. The number of aryl methyl sites for hydroxylation is 2. The molecule has 0 bridgehead atoms. The van der Waals surface area contributed by atoms with Crippen LogP contribution in [0, 0.1) is 13.8 Å². The van der Waals surface area contributed by atoms with Gasteiger partial charge in [-0.1, -0.05) is 76.9 Å². The number of pyridine rings is 1. The van der Waals surface area contributed by atoms with Crippen LogP contribution in [0.2, 0.25) is 0 Å². The van der Waals surface area contributed by atoms with E-state index in [0.717, 1.165) is 39.4 Å². The number of hydrogen-bond donors (Lipinski definition) is 0. The highest BCUT2D eigenvalue weighted by Crippen LogP contribution is 2.33. The Hall–Kier alpha value is -3.14. The zero-order valence-corrected chi connectivity index (χ0v) is 20.4. The van der Waals surface area contributed by atoms with Crippen molar-refractivity contribution in [2.24, 2.45) is 0 Å². The summed E-state index contributed by atoms with van der Waals surface area (Å²) in [7, 11) is 0. The highest BCUT2D eigenvalue weighted by Gasteiger charge is 2.26.